The van der Waals surface area contributed by atoms with Gasteiger partial charge in [-0.3, -0.25) is 4.90 Å². The number of nitrogens with zero attached hydrogens (tertiary/aromatic N) is 2. The van der Waals surface area contributed by atoms with Crippen molar-refractivity contribution in [1.82, 2.24) is 9.88 Å². The zero-order valence-electron chi connectivity index (χ0n) is 15.4. The first kappa shape index (κ1) is 17.7. The maximum absolute atomic E-state index is 5.44. The summed E-state index contributed by atoms with van der Waals surface area (Å²) in [6, 6.07) is 12.6. The van der Waals surface area contributed by atoms with Crippen LogP contribution in [0.15, 0.2) is 36.4 Å². The largest absolute Gasteiger partial charge is 0.493 e. The van der Waals surface area contributed by atoms with Crippen LogP contribution in [0.3, 0.4) is 0 Å². The van der Waals surface area contributed by atoms with Crippen molar-refractivity contribution in [2.75, 3.05) is 21.3 Å². The number of fused-ring (bicyclic) bond motifs is 1. The van der Waals surface area contributed by atoms with E-state index in [1.54, 1.807) is 25.6 Å². The second-order valence-electron chi connectivity index (χ2n) is 6.24. The summed E-state index contributed by atoms with van der Waals surface area (Å²) in [4.78, 5) is 7.10. The van der Waals surface area contributed by atoms with E-state index < -0.39 is 0 Å². The van der Waals surface area contributed by atoms with Crippen molar-refractivity contribution in [2.24, 2.45) is 0 Å². The molecule has 3 aromatic rings. The monoisotopic (exact) mass is 356 g/mol. The molecule has 0 saturated carbocycles. The average molecular weight is 356 g/mol. The summed E-state index contributed by atoms with van der Waals surface area (Å²) in [6.07, 6.45) is 0. The van der Waals surface area contributed by atoms with Gasteiger partial charge < -0.3 is 9.47 Å². The third-order valence-electron chi connectivity index (χ3n) is 4.59. The maximum atomic E-state index is 5.44. The standard InChI is InChI=1S/C20H24N2O2S/c1-13-10-17(23-4)18(24-5)11-15(13)12-22(3)14(2)20-21-16-8-6-7-9-19(16)25-20/h6-11,14H,12H2,1-5H3/t14-/m0/s1. The first-order valence-corrected chi connectivity index (χ1v) is 9.12. The first-order chi connectivity index (χ1) is 12.0. The van der Waals surface area contributed by atoms with Crippen LogP contribution in [0.1, 0.15) is 29.1 Å². The van der Waals surface area contributed by atoms with E-state index in [1.807, 2.05) is 12.1 Å². The molecule has 25 heavy (non-hydrogen) atoms. The van der Waals surface area contributed by atoms with E-state index >= 15 is 0 Å². The minimum absolute atomic E-state index is 0.241. The van der Waals surface area contributed by atoms with Gasteiger partial charge in [-0.2, -0.15) is 0 Å². The van der Waals surface area contributed by atoms with Gasteiger partial charge in [-0.25, -0.2) is 4.98 Å². The Morgan fingerprint density at radius 2 is 1.80 bits per heavy atom. The van der Waals surface area contributed by atoms with Crippen LogP contribution in [0.4, 0.5) is 0 Å². The van der Waals surface area contributed by atoms with Gasteiger partial charge in [0.15, 0.2) is 11.5 Å². The Hall–Kier alpha value is -2.11. The predicted molar refractivity (Wildman–Crippen MR) is 104 cm³/mol. The first-order valence-electron chi connectivity index (χ1n) is 8.30. The fourth-order valence-corrected chi connectivity index (χ4v) is 3.94. The highest BCUT2D eigenvalue weighted by atomic mass is 32.1. The lowest BCUT2D eigenvalue weighted by Gasteiger charge is -2.24. The van der Waals surface area contributed by atoms with E-state index in [0.29, 0.717) is 0 Å². The smallest absolute Gasteiger partial charge is 0.161 e. The van der Waals surface area contributed by atoms with Crippen LogP contribution in [-0.4, -0.2) is 31.2 Å². The molecule has 132 valence electrons. The number of benzene rings is 2. The topological polar surface area (TPSA) is 34.6 Å². The van der Waals surface area contributed by atoms with Crippen LogP contribution in [0.25, 0.3) is 10.2 Å². The van der Waals surface area contributed by atoms with Crippen LogP contribution >= 0.6 is 11.3 Å². The zero-order chi connectivity index (χ0) is 18.0. The van der Waals surface area contributed by atoms with Gasteiger partial charge in [0, 0.05) is 6.54 Å². The Bertz CT molecular complexity index is 842. The van der Waals surface area contributed by atoms with E-state index in [-0.39, 0.29) is 6.04 Å². The van der Waals surface area contributed by atoms with Gasteiger partial charge in [-0.15, -0.1) is 11.3 Å². The van der Waals surface area contributed by atoms with Crippen molar-refractivity contribution in [3.05, 3.63) is 52.5 Å². The minimum atomic E-state index is 0.241. The summed E-state index contributed by atoms with van der Waals surface area (Å²) in [5.41, 5.74) is 3.50. The molecule has 0 unspecified atom stereocenters. The highest BCUT2D eigenvalue weighted by Crippen LogP contribution is 2.33. The molecule has 0 radical (unpaired) electrons. The van der Waals surface area contributed by atoms with Crippen LogP contribution in [0.5, 0.6) is 11.5 Å². The normalized spacial score (nSPS) is 12.6. The molecule has 4 nitrogen and oxygen atoms in total. The van der Waals surface area contributed by atoms with Crippen molar-refractivity contribution in [1.29, 1.82) is 0 Å². The molecule has 0 N–H and O–H groups in total. The number of methoxy groups -OCH3 is 2. The molecule has 0 aliphatic heterocycles. The molecular weight excluding hydrogens is 332 g/mol. The third kappa shape index (κ3) is 3.62. The van der Waals surface area contributed by atoms with E-state index in [0.717, 1.165) is 28.6 Å². The lowest BCUT2D eigenvalue weighted by atomic mass is 10.1. The highest BCUT2D eigenvalue weighted by Gasteiger charge is 2.18. The van der Waals surface area contributed by atoms with E-state index in [2.05, 4.69) is 50.1 Å². The SMILES string of the molecule is COc1cc(C)c(CN(C)[C@@H](C)c2nc3ccccc3s2)cc1OC. The molecule has 0 fully saturated rings. The number of para-hydroxylation sites is 1. The number of hydrogen-bond donors (Lipinski definition) is 0. The summed E-state index contributed by atoms with van der Waals surface area (Å²) in [7, 11) is 5.47. The molecule has 0 saturated heterocycles. The van der Waals surface area contributed by atoms with Crippen LogP contribution in [0, 0.1) is 6.92 Å². The van der Waals surface area contributed by atoms with Crippen molar-refractivity contribution >= 4 is 21.6 Å². The molecule has 1 heterocycles. The van der Waals surface area contributed by atoms with E-state index in [1.165, 1.54) is 15.8 Å². The van der Waals surface area contributed by atoms with Gasteiger partial charge in [0.25, 0.3) is 0 Å². The van der Waals surface area contributed by atoms with Gasteiger partial charge in [0.05, 0.1) is 30.5 Å². The molecule has 0 bridgehead atoms. The molecule has 0 amide bonds. The van der Waals surface area contributed by atoms with Crippen LogP contribution in [0.2, 0.25) is 0 Å². The Morgan fingerprint density at radius 1 is 1.12 bits per heavy atom. The highest BCUT2D eigenvalue weighted by molar-refractivity contribution is 7.18. The second kappa shape index (κ2) is 7.42. The molecule has 2 aromatic carbocycles. The summed E-state index contributed by atoms with van der Waals surface area (Å²) in [5.74, 6) is 1.54. The summed E-state index contributed by atoms with van der Waals surface area (Å²) in [6.45, 7) is 5.13. The second-order valence-corrected chi connectivity index (χ2v) is 7.31. The van der Waals surface area contributed by atoms with Crippen molar-refractivity contribution < 1.29 is 9.47 Å². The predicted octanol–water partition coefficient (Wildman–Crippen LogP) is 4.81. The quantitative estimate of drug-likeness (QED) is 0.634. The van der Waals surface area contributed by atoms with Gasteiger partial charge >= 0.3 is 0 Å². The van der Waals surface area contributed by atoms with Crippen molar-refractivity contribution in [3.63, 3.8) is 0 Å². The molecule has 0 aliphatic carbocycles. The lowest BCUT2D eigenvalue weighted by Crippen LogP contribution is -2.22. The van der Waals surface area contributed by atoms with E-state index in [9.17, 15) is 0 Å². The number of aryl methyl sites for hydroxylation is 1. The molecule has 5 heteroatoms. The minimum Gasteiger partial charge on any atom is -0.493 e. The fourth-order valence-electron chi connectivity index (χ4n) is 2.86. The number of rotatable bonds is 6. The van der Waals surface area contributed by atoms with E-state index in [4.69, 9.17) is 14.5 Å². The Balaban J connectivity index is 1.82. The third-order valence-corrected chi connectivity index (χ3v) is 5.80. The number of hydrogen-bond acceptors (Lipinski definition) is 5. The average Bonchev–Trinajstić information content (AvgIpc) is 3.06. The molecule has 0 spiro atoms. The molecule has 1 atom stereocenters. The molecular formula is C20H24N2O2S. The summed E-state index contributed by atoms with van der Waals surface area (Å²) >= 11 is 1.76. The Morgan fingerprint density at radius 3 is 2.48 bits per heavy atom. The van der Waals surface area contributed by atoms with Crippen LogP contribution in [-0.2, 0) is 6.54 Å². The maximum Gasteiger partial charge on any atom is 0.161 e. The molecule has 3 rings (SSSR count). The van der Waals surface area contributed by atoms with Gasteiger partial charge in [-0.1, -0.05) is 12.1 Å². The fraction of sp³-hybridized carbons (Fsp3) is 0.350. The summed E-state index contributed by atoms with van der Waals surface area (Å²) < 4.78 is 12.1. The lowest BCUT2D eigenvalue weighted by molar-refractivity contribution is 0.251. The zero-order valence-corrected chi connectivity index (χ0v) is 16.2. The van der Waals surface area contributed by atoms with Crippen molar-refractivity contribution in [2.45, 2.75) is 26.4 Å². The number of thiazole rings is 1. The molecule has 1 aromatic heterocycles. The Labute approximate surface area is 153 Å². The molecule has 0 aliphatic rings. The van der Waals surface area contributed by atoms with Gasteiger partial charge in [-0.05, 0) is 56.3 Å². The summed E-state index contributed by atoms with van der Waals surface area (Å²) in [5, 5.41) is 1.14. The number of aromatic nitrogens is 1. The van der Waals surface area contributed by atoms with Gasteiger partial charge in [0.1, 0.15) is 5.01 Å². The number of ether oxygens (including phenoxy) is 2. The Kier molecular flexibility index (Phi) is 5.25. The van der Waals surface area contributed by atoms with Gasteiger partial charge in [0.2, 0.25) is 0 Å². The van der Waals surface area contributed by atoms with Crippen molar-refractivity contribution in [3.8, 4) is 11.5 Å². The van der Waals surface area contributed by atoms with Crippen LogP contribution < -0.4 is 9.47 Å².